The lowest BCUT2D eigenvalue weighted by molar-refractivity contribution is -0.165. The molecule has 0 aromatic heterocycles. The number of likely N-dealkylation sites (tertiary alicyclic amines) is 1. The zero-order valence-corrected chi connectivity index (χ0v) is 9.75. The van der Waals surface area contributed by atoms with Gasteiger partial charge >= 0.3 is 6.09 Å². The van der Waals surface area contributed by atoms with Gasteiger partial charge in [-0.2, -0.15) is 9.96 Å². The standard InChI is InChI=1S/C10H12N2O6/c1-11(7(14)3-2-6-13)18-10(17)12-8(15)4-5-9(12)16/h6H,2-5H2,1H3. The van der Waals surface area contributed by atoms with Crippen LogP contribution in [-0.4, -0.2) is 47.1 Å². The molecule has 0 N–H and O–H groups in total. The lowest BCUT2D eigenvalue weighted by atomic mass is 10.3. The summed E-state index contributed by atoms with van der Waals surface area (Å²) in [7, 11) is 1.16. The molecule has 1 saturated heterocycles. The number of carbonyl (C=O) groups is 5. The number of imide groups is 3. The molecule has 0 aromatic carbocycles. The van der Waals surface area contributed by atoms with Crippen molar-refractivity contribution in [2.45, 2.75) is 25.7 Å². The molecule has 0 aromatic rings. The largest absolute Gasteiger partial charge is 0.448 e. The molecule has 0 saturated carbocycles. The molecule has 1 heterocycles. The first kappa shape index (κ1) is 13.8. The maximum Gasteiger partial charge on any atom is 0.448 e. The molecule has 0 spiro atoms. The number of nitrogens with zero attached hydrogens (tertiary/aromatic N) is 2. The summed E-state index contributed by atoms with van der Waals surface area (Å²) in [6.07, 6.45) is -0.851. The van der Waals surface area contributed by atoms with Gasteiger partial charge in [0.05, 0.1) is 0 Å². The number of rotatable bonds is 3. The van der Waals surface area contributed by atoms with Gasteiger partial charge < -0.3 is 9.63 Å². The van der Waals surface area contributed by atoms with E-state index in [1.165, 1.54) is 0 Å². The van der Waals surface area contributed by atoms with Crippen molar-refractivity contribution < 1.29 is 28.8 Å². The number of hydrogen-bond donors (Lipinski definition) is 0. The monoisotopic (exact) mass is 256 g/mol. The Morgan fingerprint density at radius 3 is 2.39 bits per heavy atom. The highest BCUT2D eigenvalue weighted by Gasteiger charge is 2.37. The summed E-state index contributed by atoms with van der Waals surface area (Å²) in [5.74, 6) is -1.91. The first-order valence-corrected chi connectivity index (χ1v) is 5.25. The van der Waals surface area contributed by atoms with Crippen LogP contribution in [-0.2, 0) is 24.0 Å². The maximum atomic E-state index is 11.5. The van der Waals surface area contributed by atoms with Crippen LogP contribution in [0.4, 0.5) is 4.79 Å². The van der Waals surface area contributed by atoms with Crippen molar-refractivity contribution in [3.05, 3.63) is 0 Å². The molecule has 1 rings (SSSR count). The van der Waals surface area contributed by atoms with Gasteiger partial charge in [0, 0.05) is 32.7 Å². The highest BCUT2D eigenvalue weighted by molar-refractivity contribution is 6.13. The van der Waals surface area contributed by atoms with Gasteiger partial charge in [0.15, 0.2) is 0 Å². The predicted molar refractivity (Wildman–Crippen MR) is 55.6 cm³/mol. The van der Waals surface area contributed by atoms with Crippen molar-refractivity contribution in [2.75, 3.05) is 7.05 Å². The number of hydrogen-bond acceptors (Lipinski definition) is 6. The van der Waals surface area contributed by atoms with E-state index in [1.54, 1.807) is 0 Å². The second-order valence-electron chi connectivity index (χ2n) is 3.58. The van der Waals surface area contributed by atoms with E-state index in [1.807, 2.05) is 0 Å². The van der Waals surface area contributed by atoms with E-state index in [2.05, 4.69) is 4.84 Å². The summed E-state index contributed by atoms with van der Waals surface area (Å²) in [6, 6.07) is 0. The highest BCUT2D eigenvalue weighted by atomic mass is 16.7. The molecule has 1 aliphatic rings. The third-order valence-corrected chi connectivity index (χ3v) is 2.28. The third kappa shape index (κ3) is 3.12. The van der Waals surface area contributed by atoms with E-state index < -0.39 is 23.8 Å². The van der Waals surface area contributed by atoms with Gasteiger partial charge in [0.2, 0.25) is 11.8 Å². The fourth-order valence-corrected chi connectivity index (χ4v) is 1.33. The minimum absolute atomic E-state index is 0.00228. The number of carbonyl (C=O) groups excluding carboxylic acids is 5. The van der Waals surface area contributed by atoms with E-state index in [4.69, 9.17) is 0 Å². The second kappa shape index (κ2) is 5.89. The van der Waals surface area contributed by atoms with Crippen molar-refractivity contribution in [1.82, 2.24) is 9.96 Å². The Labute approximate surface area is 102 Å². The maximum absolute atomic E-state index is 11.5. The van der Waals surface area contributed by atoms with E-state index >= 15 is 0 Å². The quantitative estimate of drug-likeness (QED) is 0.387. The molecule has 0 atom stereocenters. The van der Waals surface area contributed by atoms with E-state index in [0.29, 0.717) is 16.2 Å². The Kier molecular flexibility index (Phi) is 4.52. The summed E-state index contributed by atoms with van der Waals surface area (Å²) in [5.41, 5.74) is 0. The molecule has 18 heavy (non-hydrogen) atoms. The molecule has 0 bridgehead atoms. The van der Waals surface area contributed by atoms with Gasteiger partial charge in [0.1, 0.15) is 6.29 Å². The lowest BCUT2D eigenvalue weighted by Crippen LogP contribution is -2.41. The van der Waals surface area contributed by atoms with Crippen molar-refractivity contribution in [3.63, 3.8) is 0 Å². The second-order valence-corrected chi connectivity index (χ2v) is 3.58. The molecule has 1 aliphatic heterocycles. The van der Waals surface area contributed by atoms with E-state index in [9.17, 15) is 24.0 Å². The minimum Gasteiger partial charge on any atom is -0.318 e. The van der Waals surface area contributed by atoms with E-state index in [0.717, 1.165) is 7.05 Å². The Morgan fingerprint density at radius 2 is 1.89 bits per heavy atom. The Balaban J connectivity index is 2.53. The number of hydroxylamine groups is 2. The van der Waals surface area contributed by atoms with Crippen LogP contribution < -0.4 is 0 Å². The number of aldehydes is 1. The summed E-state index contributed by atoms with van der Waals surface area (Å²) < 4.78 is 0. The molecule has 98 valence electrons. The third-order valence-electron chi connectivity index (χ3n) is 2.28. The fourth-order valence-electron chi connectivity index (χ4n) is 1.33. The van der Waals surface area contributed by atoms with Gasteiger partial charge in [-0.3, -0.25) is 14.4 Å². The summed E-state index contributed by atoms with van der Waals surface area (Å²) >= 11 is 0. The topological polar surface area (TPSA) is 101 Å². The average Bonchev–Trinajstić information content (AvgIpc) is 2.65. The summed E-state index contributed by atoms with van der Waals surface area (Å²) in [6.45, 7) is 0. The van der Waals surface area contributed by atoms with Crippen molar-refractivity contribution in [1.29, 1.82) is 0 Å². The molecule has 0 radical (unpaired) electrons. The Hall–Kier alpha value is -2.25. The van der Waals surface area contributed by atoms with Crippen LogP contribution in [0.2, 0.25) is 0 Å². The fraction of sp³-hybridized carbons (Fsp3) is 0.500. The molecule has 8 heteroatoms. The minimum atomic E-state index is -1.20. The SMILES string of the molecule is CN(OC(=O)N1C(=O)CCC1=O)C(=O)CCC=O. The van der Waals surface area contributed by atoms with Gasteiger partial charge in [-0.05, 0) is 0 Å². The molecule has 8 nitrogen and oxygen atoms in total. The molecule has 1 fully saturated rings. The summed E-state index contributed by atoms with van der Waals surface area (Å²) in [4.78, 5) is 60.2. The lowest BCUT2D eigenvalue weighted by Gasteiger charge is -2.18. The first-order chi connectivity index (χ1) is 8.47. The van der Waals surface area contributed by atoms with Crippen LogP contribution in [0.25, 0.3) is 0 Å². The molecule has 0 unspecified atom stereocenters. The van der Waals surface area contributed by atoms with Crippen LogP contribution >= 0.6 is 0 Å². The Bertz CT molecular complexity index is 389. The van der Waals surface area contributed by atoms with Gasteiger partial charge in [-0.15, -0.1) is 0 Å². The first-order valence-electron chi connectivity index (χ1n) is 5.25. The van der Waals surface area contributed by atoms with Gasteiger partial charge in [-0.25, -0.2) is 4.79 Å². The number of amides is 4. The average molecular weight is 256 g/mol. The molecular formula is C10H12N2O6. The van der Waals surface area contributed by atoms with Crippen molar-refractivity contribution in [3.8, 4) is 0 Å². The molecule has 4 amide bonds. The van der Waals surface area contributed by atoms with Gasteiger partial charge in [0.25, 0.3) is 5.91 Å². The van der Waals surface area contributed by atoms with Crippen LogP contribution in [0.3, 0.4) is 0 Å². The summed E-state index contributed by atoms with van der Waals surface area (Å²) in [5, 5.41) is 0.602. The normalized spacial score (nSPS) is 14.6. The van der Waals surface area contributed by atoms with Crippen LogP contribution in [0, 0.1) is 0 Å². The Morgan fingerprint density at radius 1 is 1.33 bits per heavy atom. The zero-order valence-electron chi connectivity index (χ0n) is 9.75. The van der Waals surface area contributed by atoms with Gasteiger partial charge in [-0.1, -0.05) is 0 Å². The van der Waals surface area contributed by atoms with E-state index in [-0.39, 0.29) is 25.7 Å². The van der Waals surface area contributed by atoms with Crippen molar-refractivity contribution >= 4 is 30.1 Å². The smallest absolute Gasteiger partial charge is 0.318 e. The highest BCUT2D eigenvalue weighted by Crippen LogP contribution is 2.13. The van der Waals surface area contributed by atoms with Crippen molar-refractivity contribution in [2.24, 2.45) is 0 Å². The van der Waals surface area contributed by atoms with Crippen LogP contribution in [0.15, 0.2) is 0 Å². The molecule has 0 aliphatic carbocycles. The predicted octanol–water partition coefficient (Wildman–Crippen LogP) is -0.376. The van der Waals surface area contributed by atoms with Crippen LogP contribution in [0.1, 0.15) is 25.7 Å². The molecular weight excluding hydrogens is 244 g/mol. The zero-order chi connectivity index (χ0) is 13.7. The van der Waals surface area contributed by atoms with Crippen LogP contribution in [0.5, 0.6) is 0 Å².